The van der Waals surface area contributed by atoms with Gasteiger partial charge in [-0.2, -0.15) is 0 Å². The lowest BCUT2D eigenvalue weighted by molar-refractivity contribution is 0.266. The highest BCUT2D eigenvalue weighted by molar-refractivity contribution is 7.91. The van der Waals surface area contributed by atoms with Gasteiger partial charge in [-0.1, -0.05) is 32.1 Å². The summed E-state index contributed by atoms with van der Waals surface area (Å²) in [5.74, 6) is 0.0657. The molecule has 0 bridgehead atoms. The molecule has 2 unspecified atom stereocenters. The normalized spacial score (nSPS) is 19.6. The molecule has 1 aromatic heterocycles. The van der Waals surface area contributed by atoms with Crippen molar-refractivity contribution in [2.24, 2.45) is 0 Å². The molecule has 0 saturated carbocycles. The lowest BCUT2D eigenvalue weighted by Crippen LogP contribution is -2.30. The first kappa shape index (κ1) is 20.2. The highest BCUT2D eigenvalue weighted by atomic mass is 32.2. The Hall–Kier alpha value is -1.59. The van der Waals surface area contributed by atoms with Gasteiger partial charge in [0.1, 0.15) is 0 Å². The molecular weight excluding hydrogens is 356 g/mol. The second-order valence-corrected chi connectivity index (χ2v) is 10.1. The molecule has 2 heterocycles. The first-order valence-corrected chi connectivity index (χ1v) is 11.8. The van der Waals surface area contributed by atoms with Crippen LogP contribution in [0.4, 0.5) is 0 Å². The van der Waals surface area contributed by atoms with Gasteiger partial charge in [0.25, 0.3) is 0 Å². The van der Waals surface area contributed by atoms with Gasteiger partial charge in [-0.3, -0.25) is 0 Å². The number of nitrogens with one attached hydrogen (secondary N) is 1. The smallest absolute Gasteiger partial charge is 0.160 e. The van der Waals surface area contributed by atoms with Crippen molar-refractivity contribution in [3.05, 3.63) is 47.7 Å². The molecule has 1 fully saturated rings. The van der Waals surface area contributed by atoms with E-state index in [1.54, 1.807) is 6.92 Å². The monoisotopic (exact) mass is 388 g/mol. The SMILES string of the molecule is C=C(CC)CS(=O)(=O)C(C)c1ccc2[nH]cc(CC3CCCN3CC)c2c1. The maximum absolute atomic E-state index is 12.7. The second kappa shape index (κ2) is 8.19. The summed E-state index contributed by atoms with van der Waals surface area (Å²) in [5, 5.41) is 0.637. The van der Waals surface area contributed by atoms with Crippen LogP contribution in [0.2, 0.25) is 0 Å². The van der Waals surface area contributed by atoms with E-state index in [2.05, 4.69) is 35.6 Å². The van der Waals surface area contributed by atoms with Crippen molar-refractivity contribution >= 4 is 20.7 Å². The molecule has 148 valence electrons. The Labute approximate surface area is 163 Å². The second-order valence-electron chi connectivity index (χ2n) is 7.80. The first-order valence-electron chi connectivity index (χ1n) is 10.1. The van der Waals surface area contributed by atoms with E-state index in [-0.39, 0.29) is 5.75 Å². The van der Waals surface area contributed by atoms with Crippen LogP contribution in [0.1, 0.15) is 56.4 Å². The molecule has 1 saturated heterocycles. The van der Waals surface area contributed by atoms with Crippen molar-refractivity contribution in [3.8, 4) is 0 Å². The number of H-pyrrole nitrogens is 1. The van der Waals surface area contributed by atoms with Crippen molar-refractivity contribution in [3.63, 3.8) is 0 Å². The van der Waals surface area contributed by atoms with E-state index in [1.165, 1.54) is 24.9 Å². The van der Waals surface area contributed by atoms with Crippen LogP contribution in [0.3, 0.4) is 0 Å². The minimum atomic E-state index is -3.24. The summed E-state index contributed by atoms with van der Waals surface area (Å²) in [6.07, 6.45) is 6.32. The number of aromatic nitrogens is 1. The Morgan fingerprint density at radius 1 is 1.37 bits per heavy atom. The van der Waals surface area contributed by atoms with Gasteiger partial charge < -0.3 is 9.88 Å². The Morgan fingerprint density at radius 2 is 2.15 bits per heavy atom. The van der Waals surface area contributed by atoms with Crippen molar-refractivity contribution in [1.82, 2.24) is 9.88 Å². The molecule has 5 heteroatoms. The molecule has 3 rings (SSSR count). The Morgan fingerprint density at radius 3 is 2.85 bits per heavy atom. The van der Waals surface area contributed by atoms with E-state index in [0.29, 0.717) is 12.5 Å². The molecule has 1 aliphatic rings. The number of likely N-dealkylation sites (tertiary alicyclic amines) is 1. The van der Waals surface area contributed by atoms with Crippen LogP contribution in [-0.4, -0.2) is 43.2 Å². The third-order valence-electron chi connectivity index (χ3n) is 6.07. The van der Waals surface area contributed by atoms with Crippen molar-refractivity contribution in [2.45, 2.75) is 57.7 Å². The van der Waals surface area contributed by atoms with Crippen molar-refractivity contribution in [2.75, 3.05) is 18.8 Å². The maximum atomic E-state index is 12.7. The Bertz CT molecular complexity index is 914. The number of aromatic amines is 1. The van der Waals surface area contributed by atoms with Crippen molar-refractivity contribution < 1.29 is 8.42 Å². The summed E-state index contributed by atoms with van der Waals surface area (Å²) in [7, 11) is -3.24. The van der Waals surface area contributed by atoms with Crippen LogP contribution >= 0.6 is 0 Å². The van der Waals surface area contributed by atoms with E-state index in [1.807, 2.05) is 19.1 Å². The molecule has 1 N–H and O–H groups in total. The zero-order valence-electron chi connectivity index (χ0n) is 16.8. The highest BCUT2D eigenvalue weighted by Crippen LogP contribution is 2.30. The van der Waals surface area contributed by atoms with E-state index < -0.39 is 15.1 Å². The number of hydrogen-bond acceptors (Lipinski definition) is 3. The molecule has 1 aromatic carbocycles. The summed E-state index contributed by atoms with van der Waals surface area (Å²) >= 11 is 0. The number of rotatable bonds is 8. The number of nitrogens with zero attached hydrogens (tertiary/aromatic N) is 1. The van der Waals surface area contributed by atoms with Gasteiger partial charge in [0.15, 0.2) is 9.84 Å². The van der Waals surface area contributed by atoms with Gasteiger partial charge in [-0.15, -0.1) is 0 Å². The molecule has 27 heavy (non-hydrogen) atoms. The summed E-state index contributed by atoms with van der Waals surface area (Å²) in [6, 6.07) is 6.62. The molecule has 0 aliphatic carbocycles. The number of likely N-dealkylation sites (N-methyl/N-ethyl adjacent to an activating group) is 1. The summed E-state index contributed by atoms with van der Waals surface area (Å²) in [6.45, 7) is 12.1. The minimum Gasteiger partial charge on any atom is -0.361 e. The van der Waals surface area contributed by atoms with Crippen LogP contribution in [0.5, 0.6) is 0 Å². The third kappa shape index (κ3) is 4.30. The molecule has 0 amide bonds. The number of fused-ring (bicyclic) bond motifs is 1. The van der Waals surface area contributed by atoms with Gasteiger partial charge in [0.2, 0.25) is 0 Å². The lowest BCUT2D eigenvalue weighted by atomic mass is 10.0. The third-order valence-corrected chi connectivity index (χ3v) is 8.23. The highest BCUT2D eigenvalue weighted by Gasteiger charge is 2.26. The molecular formula is C22H32N2O2S. The zero-order valence-corrected chi connectivity index (χ0v) is 17.6. The Kier molecular flexibility index (Phi) is 6.11. The molecule has 4 nitrogen and oxygen atoms in total. The lowest BCUT2D eigenvalue weighted by Gasteiger charge is -2.22. The maximum Gasteiger partial charge on any atom is 0.160 e. The van der Waals surface area contributed by atoms with Gasteiger partial charge >= 0.3 is 0 Å². The van der Waals surface area contributed by atoms with Crippen LogP contribution in [0.25, 0.3) is 10.9 Å². The van der Waals surface area contributed by atoms with Crippen LogP contribution < -0.4 is 0 Å². The fourth-order valence-electron chi connectivity index (χ4n) is 4.13. The summed E-state index contributed by atoms with van der Waals surface area (Å²) in [4.78, 5) is 5.91. The van der Waals surface area contributed by atoms with Crippen LogP contribution in [0.15, 0.2) is 36.5 Å². The van der Waals surface area contributed by atoms with E-state index in [9.17, 15) is 8.42 Å². The fourth-order valence-corrected chi connectivity index (χ4v) is 5.72. The fraction of sp³-hybridized carbons (Fsp3) is 0.545. The number of hydrogen-bond donors (Lipinski definition) is 1. The number of benzene rings is 1. The quantitative estimate of drug-likeness (QED) is 0.671. The predicted molar refractivity (Wildman–Crippen MR) is 114 cm³/mol. The van der Waals surface area contributed by atoms with Gasteiger partial charge in [0.05, 0.1) is 11.0 Å². The standard InChI is InChI=1S/C22H32N2O2S/c1-5-16(3)15-27(25,26)17(4)18-9-10-22-21(13-18)19(14-23-22)12-20-8-7-11-24(20)6-2/h9-10,13-14,17,20,23H,3,5-8,11-12,15H2,1-2,4H3. The molecule has 0 radical (unpaired) electrons. The van der Waals surface area contributed by atoms with Gasteiger partial charge in [-0.25, -0.2) is 8.42 Å². The molecule has 2 atom stereocenters. The molecule has 1 aliphatic heterocycles. The van der Waals surface area contributed by atoms with E-state index >= 15 is 0 Å². The number of sulfone groups is 1. The topological polar surface area (TPSA) is 53.2 Å². The first-order chi connectivity index (χ1) is 12.9. The van der Waals surface area contributed by atoms with Crippen molar-refractivity contribution in [1.29, 1.82) is 0 Å². The van der Waals surface area contributed by atoms with Gasteiger partial charge in [0, 0.05) is 23.1 Å². The van der Waals surface area contributed by atoms with Gasteiger partial charge in [-0.05, 0) is 69.0 Å². The minimum absolute atomic E-state index is 0.0657. The van der Waals surface area contributed by atoms with Crippen LogP contribution in [-0.2, 0) is 16.3 Å². The average Bonchev–Trinajstić information content (AvgIpc) is 3.27. The summed E-state index contributed by atoms with van der Waals surface area (Å²) < 4.78 is 25.5. The summed E-state index contributed by atoms with van der Waals surface area (Å²) in [5.41, 5.74) is 4.01. The van der Waals surface area contributed by atoms with Crippen LogP contribution in [0, 0.1) is 0 Å². The molecule has 0 spiro atoms. The average molecular weight is 389 g/mol. The zero-order chi connectivity index (χ0) is 19.6. The predicted octanol–water partition coefficient (Wildman–Crippen LogP) is 4.64. The largest absolute Gasteiger partial charge is 0.361 e. The van der Waals surface area contributed by atoms with E-state index in [0.717, 1.165) is 35.0 Å². The molecule has 2 aromatic rings. The Balaban J connectivity index is 1.87. The van der Waals surface area contributed by atoms with E-state index in [4.69, 9.17) is 0 Å².